The van der Waals surface area contributed by atoms with Gasteiger partial charge in [0.25, 0.3) is 5.24 Å². The number of thioether (sulfide) groups is 1. The minimum Gasteiger partial charge on any atom is -0.329 e. The van der Waals surface area contributed by atoms with Gasteiger partial charge in [-0.1, -0.05) is 35.0 Å². The molecular formula is C10H17Cl2NOS. The van der Waals surface area contributed by atoms with Crippen molar-refractivity contribution in [3.05, 3.63) is 10.6 Å². The number of hydrogen-bond donors (Lipinski definition) is 0. The van der Waals surface area contributed by atoms with E-state index >= 15 is 0 Å². The monoisotopic (exact) mass is 269 g/mol. The maximum atomic E-state index is 11.8. The largest absolute Gasteiger partial charge is 0.329 e. The topological polar surface area (TPSA) is 20.3 Å². The molecule has 0 bridgehead atoms. The Labute approximate surface area is 106 Å². The van der Waals surface area contributed by atoms with Crippen LogP contribution in [-0.4, -0.2) is 28.0 Å². The summed E-state index contributed by atoms with van der Waals surface area (Å²) in [5.41, 5.74) is 1.29. The first kappa shape index (κ1) is 15.1. The van der Waals surface area contributed by atoms with Crippen LogP contribution in [0.4, 0.5) is 4.79 Å². The lowest BCUT2D eigenvalue weighted by molar-refractivity contribution is 0.190. The summed E-state index contributed by atoms with van der Waals surface area (Å²) in [7, 11) is 0. The van der Waals surface area contributed by atoms with Gasteiger partial charge in [0, 0.05) is 28.4 Å². The van der Waals surface area contributed by atoms with Crippen LogP contribution in [0, 0.1) is 0 Å². The molecule has 1 amide bonds. The first-order valence-electron chi connectivity index (χ1n) is 4.80. The van der Waals surface area contributed by atoms with Gasteiger partial charge in [-0.25, -0.2) is 0 Å². The third-order valence-electron chi connectivity index (χ3n) is 1.78. The van der Waals surface area contributed by atoms with Crippen LogP contribution in [0.2, 0.25) is 0 Å². The highest BCUT2D eigenvalue weighted by atomic mass is 35.5. The molecule has 0 radical (unpaired) electrons. The van der Waals surface area contributed by atoms with Crippen molar-refractivity contribution in [2.24, 2.45) is 0 Å². The number of hydrogen-bond acceptors (Lipinski definition) is 2. The molecule has 0 aromatic heterocycles. The fourth-order valence-corrected chi connectivity index (χ4v) is 2.50. The predicted octanol–water partition coefficient (Wildman–Crippen LogP) is 4.28. The molecule has 88 valence electrons. The lowest BCUT2D eigenvalue weighted by atomic mass is 10.2. The van der Waals surface area contributed by atoms with Crippen LogP contribution in [0.3, 0.4) is 0 Å². The molecule has 0 aliphatic heterocycles. The third-order valence-corrected chi connectivity index (χ3v) is 3.46. The zero-order chi connectivity index (χ0) is 12.0. The molecule has 0 aromatic rings. The first-order valence-corrected chi connectivity index (χ1v) is 6.60. The number of amides is 1. The van der Waals surface area contributed by atoms with E-state index in [1.165, 1.54) is 17.3 Å². The van der Waals surface area contributed by atoms with Crippen LogP contribution in [0.5, 0.6) is 0 Å². The Bertz CT molecular complexity index is 234. The van der Waals surface area contributed by atoms with Crippen molar-refractivity contribution in [2.45, 2.75) is 39.8 Å². The summed E-state index contributed by atoms with van der Waals surface area (Å²) in [6, 6.07) is 0.396. The Balaban J connectivity index is 4.28. The van der Waals surface area contributed by atoms with Crippen LogP contribution in [0.1, 0.15) is 27.7 Å². The van der Waals surface area contributed by atoms with E-state index in [2.05, 4.69) is 0 Å². The number of rotatable bonds is 4. The second-order valence-electron chi connectivity index (χ2n) is 3.71. The molecule has 15 heavy (non-hydrogen) atoms. The summed E-state index contributed by atoms with van der Waals surface area (Å²) in [5, 5.41) is 0.527. The van der Waals surface area contributed by atoms with Crippen molar-refractivity contribution < 1.29 is 4.79 Å². The van der Waals surface area contributed by atoms with E-state index < -0.39 is 0 Å². The van der Waals surface area contributed by atoms with Crippen LogP contribution >= 0.6 is 35.0 Å². The molecular weight excluding hydrogens is 253 g/mol. The number of halogens is 2. The normalized spacial score (nSPS) is 12.4. The number of nitrogens with zero attached hydrogens (tertiary/aromatic N) is 1. The lowest BCUT2D eigenvalue weighted by Gasteiger charge is -2.30. The van der Waals surface area contributed by atoms with Crippen molar-refractivity contribution in [3.8, 4) is 0 Å². The fraction of sp³-hybridized carbons (Fsp3) is 0.700. The van der Waals surface area contributed by atoms with Gasteiger partial charge in [0.2, 0.25) is 0 Å². The van der Waals surface area contributed by atoms with E-state index in [9.17, 15) is 4.79 Å². The standard InChI is InChI=1S/C10H17Cl2NOS/c1-7(2)13(8(3)4)10(14)15-6-9(12)5-11/h5,7-8H,6H2,1-4H3/b9-5+. The highest BCUT2D eigenvalue weighted by molar-refractivity contribution is 8.13. The molecule has 0 unspecified atom stereocenters. The molecule has 0 aliphatic rings. The van der Waals surface area contributed by atoms with Crippen LogP contribution in [0.25, 0.3) is 0 Å². The van der Waals surface area contributed by atoms with Crippen LogP contribution in [0.15, 0.2) is 10.6 Å². The fourth-order valence-electron chi connectivity index (χ4n) is 1.25. The van der Waals surface area contributed by atoms with E-state index in [-0.39, 0.29) is 17.3 Å². The summed E-state index contributed by atoms with van der Waals surface area (Å²) in [4.78, 5) is 13.6. The van der Waals surface area contributed by atoms with E-state index in [4.69, 9.17) is 23.2 Å². The van der Waals surface area contributed by atoms with Crippen LogP contribution < -0.4 is 0 Å². The Kier molecular flexibility index (Phi) is 7.49. The van der Waals surface area contributed by atoms with Crippen molar-refractivity contribution in [2.75, 3.05) is 5.75 Å². The van der Waals surface area contributed by atoms with Gasteiger partial charge in [-0.15, -0.1) is 0 Å². The molecule has 2 nitrogen and oxygen atoms in total. The van der Waals surface area contributed by atoms with Crippen molar-refractivity contribution in [3.63, 3.8) is 0 Å². The SMILES string of the molecule is CC(C)N(C(=O)SC/C(Cl)=C\Cl)C(C)C. The zero-order valence-electron chi connectivity index (χ0n) is 9.46. The Morgan fingerprint density at radius 2 is 1.80 bits per heavy atom. The molecule has 0 saturated carbocycles. The van der Waals surface area contributed by atoms with Gasteiger partial charge in [-0.3, -0.25) is 4.79 Å². The lowest BCUT2D eigenvalue weighted by Crippen LogP contribution is -2.39. The number of carbonyl (C=O) groups is 1. The molecule has 0 spiro atoms. The molecule has 0 fully saturated rings. The van der Waals surface area contributed by atoms with Crippen molar-refractivity contribution >= 4 is 40.2 Å². The average Bonchev–Trinajstić information content (AvgIpc) is 2.12. The second-order valence-corrected chi connectivity index (χ2v) is 5.34. The summed E-state index contributed by atoms with van der Waals surface area (Å²) < 4.78 is 0. The molecule has 0 N–H and O–H groups in total. The predicted molar refractivity (Wildman–Crippen MR) is 69.8 cm³/mol. The molecule has 0 heterocycles. The van der Waals surface area contributed by atoms with Gasteiger partial charge < -0.3 is 4.90 Å². The summed E-state index contributed by atoms with van der Waals surface area (Å²) in [6.45, 7) is 7.99. The Morgan fingerprint density at radius 1 is 1.33 bits per heavy atom. The number of carbonyl (C=O) groups excluding carboxylic acids is 1. The summed E-state index contributed by atoms with van der Waals surface area (Å²) >= 11 is 12.3. The van der Waals surface area contributed by atoms with Gasteiger partial charge >= 0.3 is 0 Å². The second kappa shape index (κ2) is 7.42. The van der Waals surface area contributed by atoms with E-state index in [0.717, 1.165) is 0 Å². The van der Waals surface area contributed by atoms with E-state index in [0.29, 0.717) is 10.8 Å². The van der Waals surface area contributed by atoms with Gasteiger partial charge in [-0.2, -0.15) is 0 Å². The first-order chi connectivity index (χ1) is 6.90. The maximum absolute atomic E-state index is 11.8. The maximum Gasteiger partial charge on any atom is 0.282 e. The quantitative estimate of drug-likeness (QED) is 0.760. The Morgan fingerprint density at radius 3 is 2.13 bits per heavy atom. The van der Waals surface area contributed by atoms with Crippen molar-refractivity contribution in [1.82, 2.24) is 4.90 Å². The summed E-state index contributed by atoms with van der Waals surface area (Å²) in [5.74, 6) is 0.430. The minimum absolute atomic E-state index is 0.0386. The average molecular weight is 270 g/mol. The van der Waals surface area contributed by atoms with Gasteiger partial charge in [-0.05, 0) is 27.7 Å². The van der Waals surface area contributed by atoms with Gasteiger partial charge in [0.1, 0.15) is 0 Å². The molecule has 0 saturated heterocycles. The van der Waals surface area contributed by atoms with Gasteiger partial charge in [0.05, 0.1) is 0 Å². The molecule has 0 aromatic carbocycles. The molecule has 0 rings (SSSR count). The molecule has 5 heteroatoms. The summed E-state index contributed by atoms with van der Waals surface area (Å²) in [6.07, 6.45) is 0. The van der Waals surface area contributed by atoms with E-state index in [1.54, 1.807) is 0 Å². The van der Waals surface area contributed by atoms with E-state index in [1.807, 2.05) is 32.6 Å². The van der Waals surface area contributed by atoms with Crippen LogP contribution in [-0.2, 0) is 0 Å². The molecule has 0 atom stereocenters. The smallest absolute Gasteiger partial charge is 0.282 e. The zero-order valence-corrected chi connectivity index (χ0v) is 11.8. The van der Waals surface area contributed by atoms with Gasteiger partial charge in [0.15, 0.2) is 0 Å². The Hall–Kier alpha value is 0.140. The highest BCUT2D eigenvalue weighted by Crippen LogP contribution is 2.19. The third kappa shape index (κ3) is 5.69. The molecule has 0 aliphatic carbocycles. The highest BCUT2D eigenvalue weighted by Gasteiger charge is 2.20. The van der Waals surface area contributed by atoms with Crippen molar-refractivity contribution in [1.29, 1.82) is 0 Å². The minimum atomic E-state index is 0.0386.